The van der Waals surface area contributed by atoms with E-state index in [9.17, 15) is 86.8 Å². The molecule has 0 aliphatic carbocycles. The van der Waals surface area contributed by atoms with Crippen LogP contribution < -0.4 is 0 Å². The van der Waals surface area contributed by atoms with Crippen molar-refractivity contribution < 1.29 is 129 Å². The van der Waals surface area contributed by atoms with Gasteiger partial charge in [-0.15, -0.1) is 0 Å². The molecule has 0 bridgehead atoms. The van der Waals surface area contributed by atoms with Gasteiger partial charge in [0.15, 0.2) is 31.5 Å². The molecule has 25 atom stereocenters. The predicted octanol–water partition coefficient (Wildman–Crippen LogP) is -11.9. The van der Waals surface area contributed by atoms with Crippen LogP contribution in [0, 0.1) is 0 Å². The van der Waals surface area contributed by atoms with Gasteiger partial charge in [0.05, 0.1) is 33.0 Å². The lowest BCUT2D eigenvalue weighted by Crippen LogP contribution is -2.66. The highest BCUT2D eigenvalue weighted by Crippen LogP contribution is 2.33. The maximum Gasteiger partial charge on any atom is 0.187 e. The van der Waals surface area contributed by atoms with Crippen molar-refractivity contribution in [3.8, 4) is 0 Å². The molecular formula is C30H52O26. The molecule has 0 amide bonds. The summed E-state index contributed by atoms with van der Waals surface area (Å²) in [6, 6.07) is 0. The fraction of sp³-hybridized carbons (Fsp3) is 1.00. The van der Waals surface area contributed by atoms with E-state index in [1.165, 1.54) is 0 Å². The standard InChI is InChI=1S/C30H52O26/c31-1-6-11(34)16(39)19(42)27(51-6)48-5-10-15(38)25(56-30-21(44)18(41)13(36)8(3-33)53-30)23(46)28(54-10)49-4-9-14(37)24(22(45)26(47)50-9)55-29-20(43)17(40)12(35)7(2-32)52-29/h6-47H,1-5H2/t6-,7-,8-,9-,10-,11-,12-,13-,14-,15-,16+,17+,18+,19+,20+,21+,22+,23+,24+,25+,26-,27-,28-,29+,30+/m1/s1. The van der Waals surface area contributed by atoms with Crippen LogP contribution in [-0.2, 0) is 42.6 Å². The van der Waals surface area contributed by atoms with Gasteiger partial charge < -0.3 is 129 Å². The van der Waals surface area contributed by atoms with E-state index in [-0.39, 0.29) is 0 Å². The van der Waals surface area contributed by atoms with Crippen molar-refractivity contribution in [1.82, 2.24) is 0 Å². The molecule has 0 aromatic carbocycles. The van der Waals surface area contributed by atoms with Gasteiger partial charge >= 0.3 is 0 Å². The summed E-state index contributed by atoms with van der Waals surface area (Å²) in [7, 11) is 0. The molecule has 5 heterocycles. The van der Waals surface area contributed by atoms with Crippen LogP contribution in [-0.4, -0.2) is 273 Å². The highest BCUT2D eigenvalue weighted by atomic mass is 16.8. The maximum absolute atomic E-state index is 11.3. The maximum atomic E-state index is 11.3. The van der Waals surface area contributed by atoms with Crippen LogP contribution in [0.4, 0.5) is 0 Å². The van der Waals surface area contributed by atoms with E-state index < -0.39 is 187 Å². The molecule has 5 saturated heterocycles. The topological polar surface area (TPSA) is 427 Å². The second-order valence-electron chi connectivity index (χ2n) is 14.0. The van der Waals surface area contributed by atoms with Crippen LogP contribution in [0.5, 0.6) is 0 Å². The third kappa shape index (κ3) is 9.46. The summed E-state index contributed by atoms with van der Waals surface area (Å²) in [5.41, 5.74) is 0. The Bertz CT molecular complexity index is 1200. The highest BCUT2D eigenvalue weighted by molar-refractivity contribution is 4.97. The summed E-state index contributed by atoms with van der Waals surface area (Å²) in [4.78, 5) is 0. The molecule has 26 heteroatoms. The first-order chi connectivity index (χ1) is 26.4. The van der Waals surface area contributed by atoms with Crippen molar-refractivity contribution >= 4 is 0 Å². The monoisotopic (exact) mass is 828 g/mol. The van der Waals surface area contributed by atoms with Gasteiger partial charge in [-0.05, 0) is 0 Å². The van der Waals surface area contributed by atoms with E-state index in [1.54, 1.807) is 0 Å². The molecule has 5 rings (SSSR count). The van der Waals surface area contributed by atoms with E-state index in [0.29, 0.717) is 0 Å². The van der Waals surface area contributed by atoms with Crippen molar-refractivity contribution in [2.75, 3.05) is 33.0 Å². The quantitative estimate of drug-likeness (QED) is 0.0819. The van der Waals surface area contributed by atoms with Crippen molar-refractivity contribution in [2.45, 2.75) is 154 Å². The minimum Gasteiger partial charge on any atom is -0.394 e. The van der Waals surface area contributed by atoms with Gasteiger partial charge in [0.25, 0.3) is 0 Å². The molecule has 5 fully saturated rings. The van der Waals surface area contributed by atoms with Crippen molar-refractivity contribution in [3.63, 3.8) is 0 Å². The molecule has 56 heavy (non-hydrogen) atoms. The van der Waals surface area contributed by atoms with Crippen LogP contribution >= 0.6 is 0 Å². The average Bonchev–Trinajstić information content (AvgIpc) is 3.18. The molecule has 0 aromatic heterocycles. The second kappa shape index (κ2) is 19.6. The summed E-state index contributed by atoms with van der Waals surface area (Å²) in [5.74, 6) is 0. The molecule has 0 radical (unpaired) electrons. The zero-order valence-corrected chi connectivity index (χ0v) is 29.2. The minimum atomic E-state index is -2.11. The Hall–Kier alpha value is -1.04. The third-order valence-corrected chi connectivity index (χ3v) is 10.3. The molecule has 5 aliphatic rings. The lowest BCUT2D eigenvalue weighted by atomic mass is 9.96. The van der Waals surface area contributed by atoms with Gasteiger partial charge in [0, 0.05) is 0 Å². The largest absolute Gasteiger partial charge is 0.394 e. The molecule has 0 saturated carbocycles. The Morgan fingerprint density at radius 3 is 1.04 bits per heavy atom. The first-order valence-corrected chi connectivity index (χ1v) is 17.6. The van der Waals surface area contributed by atoms with Crippen LogP contribution in [0.2, 0.25) is 0 Å². The molecule has 5 aliphatic heterocycles. The van der Waals surface area contributed by atoms with Gasteiger partial charge in [-0.3, -0.25) is 0 Å². The van der Waals surface area contributed by atoms with Crippen LogP contribution in [0.1, 0.15) is 0 Å². The summed E-state index contributed by atoms with van der Waals surface area (Å²) < 4.78 is 49.0. The minimum absolute atomic E-state index is 0.784. The summed E-state index contributed by atoms with van der Waals surface area (Å²) in [6.45, 7) is -4.13. The Balaban J connectivity index is 1.32. The number of ether oxygens (including phenoxy) is 9. The average molecular weight is 829 g/mol. The molecule has 328 valence electrons. The Kier molecular flexibility index (Phi) is 16.1. The molecule has 17 N–H and O–H groups in total. The molecular weight excluding hydrogens is 776 g/mol. The summed E-state index contributed by atoms with van der Waals surface area (Å²) >= 11 is 0. The number of hydrogen-bond acceptors (Lipinski definition) is 26. The Morgan fingerprint density at radius 1 is 0.304 bits per heavy atom. The summed E-state index contributed by atoms with van der Waals surface area (Å²) in [6.07, 6.45) is -45.9. The highest BCUT2D eigenvalue weighted by Gasteiger charge is 2.54. The van der Waals surface area contributed by atoms with Gasteiger partial charge in [-0.2, -0.15) is 0 Å². The molecule has 0 unspecified atom stereocenters. The smallest absolute Gasteiger partial charge is 0.187 e. The number of aliphatic hydroxyl groups excluding tert-OH is 17. The van der Waals surface area contributed by atoms with Crippen molar-refractivity contribution in [2.24, 2.45) is 0 Å². The fourth-order valence-corrected chi connectivity index (χ4v) is 6.81. The normalized spacial score (nSPS) is 53.2. The van der Waals surface area contributed by atoms with Gasteiger partial charge in [-0.1, -0.05) is 0 Å². The van der Waals surface area contributed by atoms with Gasteiger partial charge in [0.1, 0.15) is 122 Å². The number of rotatable bonds is 13. The number of hydrogen-bond donors (Lipinski definition) is 17. The summed E-state index contributed by atoms with van der Waals surface area (Å²) in [5, 5.41) is 175. The lowest BCUT2D eigenvalue weighted by molar-refractivity contribution is -0.375. The van der Waals surface area contributed by atoms with Crippen LogP contribution in [0.25, 0.3) is 0 Å². The van der Waals surface area contributed by atoms with E-state index in [0.717, 1.165) is 0 Å². The first-order valence-electron chi connectivity index (χ1n) is 17.6. The molecule has 26 nitrogen and oxygen atoms in total. The fourth-order valence-electron chi connectivity index (χ4n) is 6.81. The third-order valence-electron chi connectivity index (χ3n) is 10.3. The van der Waals surface area contributed by atoms with Crippen molar-refractivity contribution in [3.05, 3.63) is 0 Å². The van der Waals surface area contributed by atoms with E-state index >= 15 is 0 Å². The predicted molar refractivity (Wildman–Crippen MR) is 167 cm³/mol. The SMILES string of the molecule is OC[C@H]1O[C@@H](OC[C@H]2O[C@@H](OC[C@H]3O[C@@H](O)[C@@H](O)[C@@H](O[C@@H]4O[C@H](CO)[C@@H](O)[C@H](O)[C@@H]4O)[C@@H]3O)[C@@H](O)[C@@H](O[C@@H]3O[C@H](CO)[C@@H](O)[C@H](O)[C@@H]3O)[C@@H]2O)[C@@H](O)[C@@H](O)[C@@H]1O. The molecule has 0 aromatic rings. The molecule has 0 spiro atoms. The van der Waals surface area contributed by atoms with Gasteiger partial charge in [0.2, 0.25) is 0 Å². The van der Waals surface area contributed by atoms with E-state index in [2.05, 4.69) is 0 Å². The van der Waals surface area contributed by atoms with Crippen LogP contribution in [0.15, 0.2) is 0 Å². The van der Waals surface area contributed by atoms with E-state index in [4.69, 9.17) is 42.6 Å². The number of aliphatic hydroxyl groups is 17. The Morgan fingerprint density at radius 2 is 0.625 bits per heavy atom. The zero-order valence-electron chi connectivity index (χ0n) is 29.2. The van der Waals surface area contributed by atoms with E-state index in [1.807, 2.05) is 0 Å². The van der Waals surface area contributed by atoms with Crippen LogP contribution in [0.3, 0.4) is 0 Å². The van der Waals surface area contributed by atoms with Gasteiger partial charge in [-0.25, -0.2) is 0 Å². The Labute approximate surface area is 316 Å². The first kappa shape index (κ1) is 46.0. The lowest BCUT2D eigenvalue weighted by Gasteiger charge is -2.47. The second-order valence-corrected chi connectivity index (χ2v) is 14.0. The van der Waals surface area contributed by atoms with Crippen molar-refractivity contribution in [1.29, 1.82) is 0 Å². The zero-order chi connectivity index (χ0) is 41.3.